The number of aryl methyl sites for hydroxylation is 1. The van der Waals surface area contributed by atoms with E-state index >= 15 is 0 Å². The lowest BCUT2D eigenvalue weighted by atomic mass is 10.2. The standard InChI is InChI=1S/C11H16N2O4/c1-9-6-10(8-11(7-9)13(16)17)12(2-4-14)3-5-15/h6-8,14-15H,2-5H2,1H3. The van der Waals surface area contributed by atoms with Gasteiger partial charge in [-0.15, -0.1) is 0 Å². The quantitative estimate of drug-likeness (QED) is 0.564. The molecule has 0 aliphatic carbocycles. The first-order valence-corrected chi connectivity index (χ1v) is 5.31. The zero-order valence-corrected chi connectivity index (χ0v) is 9.67. The molecule has 0 saturated heterocycles. The smallest absolute Gasteiger partial charge is 0.271 e. The van der Waals surface area contributed by atoms with E-state index in [1.807, 2.05) is 0 Å². The van der Waals surface area contributed by atoms with Gasteiger partial charge >= 0.3 is 0 Å². The van der Waals surface area contributed by atoms with E-state index < -0.39 is 4.92 Å². The first-order chi connectivity index (χ1) is 8.08. The number of hydrogen-bond acceptors (Lipinski definition) is 5. The third kappa shape index (κ3) is 3.69. The normalized spacial score (nSPS) is 10.3. The average molecular weight is 240 g/mol. The number of rotatable bonds is 6. The molecule has 0 unspecified atom stereocenters. The Hall–Kier alpha value is -1.66. The van der Waals surface area contributed by atoms with E-state index in [1.54, 1.807) is 17.9 Å². The molecule has 1 aromatic rings. The van der Waals surface area contributed by atoms with Crippen LogP contribution in [0.15, 0.2) is 18.2 Å². The zero-order chi connectivity index (χ0) is 12.8. The van der Waals surface area contributed by atoms with Crippen molar-refractivity contribution in [2.45, 2.75) is 6.92 Å². The Kier molecular flexibility index (Phi) is 4.86. The van der Waals surface area contributed by atoms with Gasteiger partial charge in [0.2, 0.25) is 0 Å². The molecule has 94 valence electrons. The fourth-order valence-electron chi connectivity index (χ4n) is 1.64. The molecule has 0 saturated carbocycles. The number of nitrogens with zero attached hydrogens (tertiary/aromatic N) is 2. The molecule has 0 radical (unpaired) electrons. The first kappa shape index (κ1) is 13.4. The highest BCUT2D eigenvalue weighted by Crippen LogP contribution is 2.23. The Morgan fingerprint density at radius 2 is 1.82 bits per heavy atom. The second-order valence-corrected chi connectivity index (χ2v) is 3.72. The summed E-state index contributed by atoms with van der Waals surface area (Å²) in [5, 5.41) is 28.6. The van der Waals surface area contributed by atoms with Gasteiger partial charge in [-0.1, -0.05) is 0 Å². The van der Waals surface area contributed by atoms with Crippen LogP contribution in [-0.4, -0.2) is 41.4 Å². The molecule has 1 aromatic carbocycles. The predicted molar refractivity (Wildman–Crippen MR) is 64.2 cm³/mol. The van der Waals surface area contributed by atoms with Gasteiger partial charge in [-0.3, -0.25) is 10.1 Å². The lowest BCUT2D eigenvalue weighted by molar-refractivity contribution is -0.384. The van der Waals surface area contributed by atoms with Crippen LogP contribution < -0.4 is 4.90 Å². The molecule has 0 bridgehead atoms. The second kappa shape index (κ2) is 6.17. The van der Waals surface area contributed by atoms with Gasteiger partial charge in [0.15, 0.2) is 0 Å². The molecule has 0 spiro atoms. The van der Waals surface area contributed by atoms with E-state index in [4.69, 9.17) is 10.2 Å². The van der Waals surface area contributed by atoms with Crippen molar-refractivity contribution < 1.29 is 15.1 Å². The van der Waals surface area contributed by atoms with Gasteiger partial charge in [-0.2, -0.15) is 0 Å². The maximum Gasteiger partial charge on any atom is 0.271 e. The summed E-state index contributed by atoms with van der Waals surface area (Å²) in [6.07, 6.45) is 0. The molecule has 0 amide bonds. The summed E-state index contributed by atoms with van der Waals surface area (Å²) >= 11 is 0. The second-order valence-electron chi connectivity index (χ2n) is 3.72. The van der Waals surface area contributed by atoms with Crippen molar-refractivity contribution in [3.05, 3.63) is 33.9 Å². The van der Waals surface area contributed by atoms with Gasteiger partial charge in [0.25, 0.3) is 5.69 Å². The van der Waals surface area contributed by atoms with Gasteiger partial charge in [-0.05, 0) is 18.6 Å². The van der Waals surface area contributed by atoms with Crippen molar-refractivity contribution in [1.29, 1.82) is 0 Å². The van der Waals surface area contributed by atoms with E-state index in [0.717, 1.165) is 5.56 Å². The van der Waals surface area contributed by atoms with E-state index in [-0.39, 0.29) is 18.9 Å². The average Bonchev–Trinajstić information content (AvgIpc) is 2.28. The number of non-ortho nitro benzene ring substituents is 1. The summed E-state index contributed by atoms with van der Waals surface area (Å²) in [6.45, 7) is 2.30. The molecule has 0 atom stereocenters. The first-order valence-electron chi connectivity index (χ1n) is 5.31. The Labute approximate surface area is 99.3 Å². The third-order valence-electron chi connectivity index (χ3n) is 2.36. The van der Waals surface area contributed by atoms with Crippen molar-refractivity contribution in [1.82, 2.24) is 0 Å². The van der Waals surface area contributed by atoms with Crippen molar-refractivity contribution >= 4 is 11.4 Å². The maximum atomic E-state index is 10.7. The number of hydrogen-bond donors (Lipinski definition) is 2. The van der Waals surface area contributed by atoms with Gasteiger partial charge in [-0.25, -0.2) is 0 Å². The molecule has 0 heterocycles. The molecule has 0 fully saturated rings. The lowest BCUT2D eigenvalue weighted by Crippen LogP contribution is -2.29. The summed E-state index contributed by atoms with van der Waals surface area (Å²) < 4.78 is 0. The SMILES string of the molecule is Cc1cc(N(CCO)CCO)cc([N+](=O)[O-])c1. The number of benzene rings is 1. The topological polar surface area (TPSA) is 86.8 Å². The Balaban J connectivity index is 3.04. The highest BCUT2D eigenvalue weighted by Gasteiger charge is 2.12. The van der Waals surface area contributed by atoms with Crippen molar-refractivity contribution in [3.63, 3.8) is 0 Å². The van der Waals surface area contributed by atoms with Crippen molar-refractivity contribution in [3.8, 4) is 0 Å². The van der Waals surface area contributed by atoms with Crippen molar-refractivity contribution in [2.75, 3.05) is 31.2 Å². The molecule has 6 nitrogen and oxygen atoms in total. The molecule has 2 N–H and O–H groups in total. The van der Waals surface area contributed by atoms with Crippen LogP contribution in [0.25, 0.3) is 0 Å². The Bertz CT molecular complexity index is 389. The van der Waals surface area contributed by atoms with Crippen LogP contribution in [0.1, 0.15) is 5.56 Å². The summed E-state index contributed by atoms with van der Waals surface area (Å²) in [5.41, 5.74) is 1.43. The summed E-state index contributed by atoms with van der Waals surface area (Å²) in [6, 6.07) is 4.72. The molecule has 0 aliphatic heterocycles. The largest absolute Gasteiger partial charge is 0.395 e. The monoisotopic (exact) mass is 240 g/mol. The fourth-order valence-corrected chi connectivity index (χ4v) is 1.64. The molecule has 6 heteroatoms. The van der Waals surface area contributed by atoms with Crippen LogP contribution in [0.2, 0.25) is 0 Å². The van der Waals surface area contributed by atoms with Crippen LogP contribution in [0.5, 0.6) is 0 Å². The summed E-state index contributed by atoms with van der Waals surface area (Å²) in [7, 11) is 0. The highest BCUT2D eigenvalue weighted by atomic mass is 16.6. The van der Waals surface area contributed by atoms with E-state index in [9.17, 15) is 10.1 Å². The minimum absolute atomic E-state index is 0.0147. The van der Waals surface area contributed by atoms with Gasteiger partial charge in [0.1, 0.15) is 0 Å². The number of aliphatic hydroxyl groups excluding tert-OH is 2. The van der Waals surface area contributed by atoms with Crippen molar-refractivity contribution in [2.24, 2.45) is 0 Å². The molecular weight excluding hydrogens is 224 g/mol. The molecule has 0 aliphatic rings. The Morgan fingerprint density at radius 1 is 1.24 bits per heavy atom. The minimum Gasteiger partial charge on any atom is -0.395 e. The number of nitro groups is 1. The summed E-state index contributed by atoms with van der Waals surface area (Å²) in [5.74, 6) is 0. The molecule has 0 aromatic heterocycles. The molecule has 1 rings (SSSR count). The van der Waals surface area contributed by atoms with E-state index in [0.29, 0.717) is 18.8 Å². The highest BCUT2D eigenvalue weighted by molar-refractivity contribution is 5.55. The van der Waals surface area contributed by atoms with Crippen LogP contribution >= 0.6 is 0 Å². The van der Waals surface area contributed by atoms with Gasteiger partial charge in [0, 0.05) is 30.9 Å². The zero-order valence-electron chi connectivity index (χ0n) is 9.67. The molecule has 17 heavy (non-hydrogen) atoms. The van der Waals surface area contributed by atoms with Crippen LogP contribution in [-0.2, 0) is 0 Å². The van der Waals surface area contributed by atoms with Gasteiger partial charge in [0.05, 0.1) is 18.1 Å². The number of aliphatic hydroxyl groups is 2. The van der Waals surface area contributed by atoms with E-state index in [2.05, 4.69) is 0 Å². The van der Waals surface area contributed by atoms with Crippen LogP contribution in [0.3, 0.4) is 0 Å². The van der Waals surface area contributed by atoms with Crippen LogP contribution in [0.4, 0.5) is 11.4 Å². The third-order valence-corrected chi connectivity index (χ3v) is 2.36. The fraction of sp³-hybridized carbons (Fsp3) is 0.455. The van der Waals surface area contributed by atoms with Crippen LogP contribution in [0, 0.1) is 17.0 Å². The molecular formula is C11H16N2O4. The number of anilines is 1. The maximum absolute atomic E-state index is 10.7. The minimum atomic E-state index is -0.452. The predicted octanol–water partition coefficient (Wildman–Crippen LogP) is 0.694. The van der Waals surface area contributed by atoms with E-state index in [1.165, 1.54) is 12.1 Å². The van der Waals surface area contributed by atoms with Gasteiger partial charge < -0.3 is 15.1 Å². The lowest BCUT2D eigenvalue weighted by Gasteiger charge is -2.23. The number of nitro benzene ring substituents is 1. The summed E-state index contributed by atoms with van der Waals surface area (Å²) in [4.78, 5) is 12.0. The Morgan fingerprint density at radius 3 is 2.29 bits per heavy atom.